The molecular weight excluding hydrogens is 326 g/mol. The van der Waals surface area contributed by atoms with Gasteiger partial charge < -0.3 is 14.8 Å². The van der Waals surface area contributed by atoms with Crippen LogP contribution in [0.25, 0.3) is 0 Å². The van der Waals surface area contributed by atoms with E-state index in [1.807, 2.05) is 25.1 Å². The maximum Gasteiger partial charge on any atom is 0.262 e. The molecule has 0 radical (unpaired) electrons. The summed E-state index contributed by atoms with van der Waals surface area (Å²) in [5.41, 5.74) is 1.57. The van der Waals surface area contributed by atoms with Crippen molar-refractivity contribution in [1.29, 1.82) is 0 Å². The van der Waals surface area contributed by atoms with E-state index in [0.717, 1.165) is 11.3 Å². The van der Waals surface area contributed by atoms with E-state index in [1.54, 1.807) is 24.3 Å². The van der Waals surface area contributed by atoms with E-state index in [-0.39, 0.29) is 12.5 Å². The predicted octanol–water partition coefficient (Wildman–Crippen LogP) is 4.70. The zero-order valence-corrected chi connectivity index (χ0v) is 14.9. The lowest BCUT2D eigenvalue weighted by atomic mass is 10.2. The fourth-order valence-corrected chi connectivity index (χ4v) is 2.27. The summed E-state index contributed by atoms with van der Waals surface area (Å²) in [4.78, 5) is 12.0. The van der Waals surface area contributed by atoms with Crippen molar-refractivity contribution in [3.63, 3.8) is 0 Å². The molecule has 0 heterocycles. The van der Waals surface area contributed by atoms with Gasteiger partial charge in [-0.1, -0.05) is 31.5 Å². The number of carbonyl (C=O) groups excluding carboxylic acids is 1. The summed E-state index contributed by atoms with van der Waals surface area (Å²) in [7, 11) is 0. The minimum Gasteiger partial charge on any atom is -0.493 e. The smallest absolute Gasteiger partial charge is 0.262 e. The standard InChI is InChI=1S/C19H22ClNO3/c1-13(2)11-23-17-6-4-5-16(10-17)21-19(22)12-24-18-8-7-15(20)9-14(18)3/h4-10,13H,11-12H2,1-3H3,(H,21,22). The van der Waals surface area contributed by atoms with Gasteiger partial charge in [0.25, 0.3) is 5.91 Å². The Balaban J connectivity index is 1.89. The first kappa shape index (κ1) is 18.1. The molecule has 0 fully saturated rings. The van der Waals surface area contributed by atoms with Crippen LogP contribution in [0.5, 0.6) is 11.5 Å². The Morgan fingerprint density at radius 2 is 1.96 bits per heavy atom. The molecule has 1 N–H and O–H groups in total. The number of nitrogens with one attached hydrogen (secondary N) is 1. The molecule has 0 saturated heterocycles. The van der Waals surface area contributed by atoms with Gasteiger partial charge in [-0.2, -0.15) is 0 Å². The third kappa shape index (κ3) is 5.78. The summed E-state index contributed by atoms with van der Waals surface area (Å²) >= 11 is 5.90. The molecule has 0 aliphatic heterocycles. The molecule has 0 aliphatic carbocycles. The highest BCUT2D eigenvalue weighted by molar-refractivity contribution is 6.30. The Bertz CT molecular complexity index is 701. The molecule has 5 heteroatoms. The summed E-state index contributed by atoms with van der Waals surface area (Å²) in [6.07, 6.45) is 0. The minimum absolute atomic E-state index is 0.0699. The van der Waals surface area contributed by atoms with Crippen LogP contribution in [0.2, 0.25) is 5.02 Å². The topological polar surface area (TPSA) is 47.6 Å². The van der Waals surface area contributed by atoms with Crippen molar-refractivity contribution in [1.82, 2.24) is 0 Å². The first-order valence-corrected chi connectivity index (χ1v) is 8.23. The van der Waals surface area contributed by atoms with E-state index in [1.165, 1.54) is 0 Å². The second-order valence-corrected chi connectivity index (χ2v) is 6.42. The molecule has 128 valence electrons. The van der Waals surface area contributed by atoms with Gasteiger partial charge in [0.1, 0.15) is 11.5 Å². The third-order valence-corrected chi connectivity index (χ3v) is 3.43. The number of rotatable bonds is 7. The molecule has 0 atom stereocenters. The molecule has 0 spiro atoms. The van der Waals surface area contributed by atoms with Gasteiger partial charge in [0.2, 0.25) is 0 Å². The zero-order chi connectivity index (χ0) is 17.5. The van der Waals surface area contributed by atoms with Crippen LogP contribution >= 0.6 is 11.6 Å². The van der Waals surface area contributed by atoms with Crippen molar-refractivity contribution in [2.45, 2.75) is 20.8 Å². The van der Waals surface area contributed by atoms with Crippen LogP contribution in [0, 0.1) is 12.8 Å². The van der Waals surface area contributed by atoms with E-state index in [9.17, 15) is 4.79 Å². The second kappa shape index (κ2) is 8.60. The summed E-state index contributed by atoms with van der Waals surface area (Å²) in [6.45, 7) is 6.62. The summed E-state index contributed by atoms with van der Waals surface area (Å²) < 4.78 is 11.2. The van der Waals surface area contributed by atoms with E-state index in [4.69, 9.17) is 21.1 Å². The molecule has 0 unspecified atom stereocenters. The van der Waals surface area contributed by atoms with Crippen molar-refractivity contribution in [2.75, 3.05) is 18.5 Å². The first-order chi connectivity index (χ1) is 11.4. The Morgan fingerprint density at radius 1 is 1.17 bits per heavy atom. The van der Waals surface area contributed by atoms with Gasteiger partial charge in [0.05, 0.1) is 6.61 Å². The summed E-state index contributed by atoms with van der Waals surface area (Å²) in [5, 5.41) is 3.44. The molecule has 1 amide bonds. The van der Waals surface area contributed by atoms with E-state index in [2.05, 4.69) is 19.2 Å². The van der Waals surface area contributed by atoms with E-state index in [0.29, 0.717) is 29.0 Å². The van der Waals surface area contributed by atoms with Gasteiger partial charge in [0.15, 0.2) is 6.61 Å². The molecule has 4 nitrogen and oxygen atoms in total. The lowest BCUT2D eigenvalue weighted by Crippen LogP contribution is -2.20. The van der Waals surface area contributed by atoms with Crippen LogP contribution in [0.1, 0.15) is 19.4 Å². The number of aryl methyl sites for hydroxylation is 1. The molecular formula is C19H22ClNO3. The zero-order valence-electron chi connectivity index (χ0n) is 14.1. The molecule has 24 heavy (non-hydrogen) atoms. The second-order valence-electron chi connectivity index (χ2n) is 5.98. The number of hydrogen-bond donors (Lipinski definition) is 1. The van der Waals surface area contributed by atoms with Crippen LogP contribution in [0.4, 0.5) is 5.69 Å². The van der Waals surface area contributed by atoms with Crippen molar-refractivity contribution in [3.05, 3.63) is 53.1 Å². The monoisotopic (exact) mass is 347 g/mol. The van der Waals surface area contributed by atoms with Crippen molar-refractivity contribution in [2.24, 2.45) is 5.92 Å². The maximum atomic E-state index is 12.0. The van der Waals surface area contributed by atoms with E-state index < -0.39 is 0 Å². The van der Waals surface area contributed by atoms with Gasteiger partial charge in [-0.05, 0) is 48.7 Å². The fraction of sp³-hybridized carbons (Fsp3) is 0.316. The highest BCUT2D eigenvalue weighted by Gasteiger charge is 2.07. The quantitative estimate of drug-likeness (QED) is 0.789. The number of benzene rings is 2. The van der Waals surface area contributed by atoms with Gasteiger partial charge in [0, 0.05) is 16.8 Å². The lowest BCUT2D eigenvalue weighted by Gasteiger charge is -2.12. The Hall–Kier alpha value is -2.20. The van der Waals surface area contributed by atoms with Gasteiger partial charge in [-0.15, -0.1) is 0 Å². The van der Waals surface area contributed by atoms with Crippen LogP contribution in [-0.2, 0) is 4.79 Å². The number of ether oxygens (including phenoxy) is 2. The molecule has 2 aromatic carbocycles. The number of carbonyl (C=O) groups is 1. The lowest BCUT2D eigenvalue weighted by molar-refractivity contribution is -0.118. The first-order valence-electron chi connectivity index (χ1n) is 7.85. The molecule has 0 bridgehead atoms. The van der Waals surface area contributed by atoms with Gasteiger partial charge in [-0.25, -0.2) is 0 Å². The largest absolute Gasteiger partial charge is 0.493 e. The molecule has 0 aromatic heterocycles. The molecule has 0 aliphatic rings. The third-order valence-electron chi connectivity index (χ3n) is 3.20. The van der Waals surface area contributed by atoms with Crippen LogP contribution in [0.15, 0.2) is 42.5 Å². The normalized spacial score (nSPS) is 10.5. The Morgan fingerprint density at radius 3 is 2.67 bits per heavy atom. The number of amides is 1. The summed E-state index contributed by atoms with van der Waals surface area (Å²) in [5.74, 6) is 1.59. The number of anilines is 1. The van der Waals surface area contributed by atoms with Crippen LogP contribution in [-0.4, -0.2) is 19.1 Å². The predicted molar refractivity (Wildman–Crippen MR) is 97.1 cm³/mol. The minimum atomic E-state index is -0.231. The Kier molecular flexibility index (Phi) is 6.50. The highest BCUT2D eigenvalue weighted by Crippen LogP contribution is 2.22. The van der Waals surface area contributed by atoms with Crippen molar-refractivity contribution < 1.29 is 14.3 Å². The number of hydrogen-bond acceptors (Lipinski definition) is 3. The van der Waals surface area contributed by atoms with Crippen molar-refractivity contribution in [3.8, 4) is 11.5 Å². The SMILES string of the molecule is Cc1cc(Cl)ccc1OCC(=O)Nc1cccc(OCC(C)C)c1. The fourth-order valence-electron chi connectivity index (χ4n) is 2.04. The molecule has 2 aromatic rings. The average molecular weight is 348 g/mol. The Labute approximate surface area is 147 Å². The summed E-state index contributed by atoms with van der Waals surface area (Å²) in [6, 6.07) is 12.6. The molecule has 0 saturated carbocycles. The van der Waals surface area contributed by atoms with Crippen LogP contribution < -0.4 is 14.8 Å². The average Bonchev–Trinajstić information content (AvgIpc) is 2.52. The molecule has 2 rings (SSSR count). The number of halogens is 1. The van der Waals surface area contributed by atoms with Gasteiger partial charge >= 0.3 is 0 Å². The maximum absolute atomic E-state index is 12.0. The van der Waals surface area contributed by atoms with E-state index >= 15 is 0 Å². The highest BCUT2D eigenvalue weighted by atomic mass is 35.5. The van der Waals surface area contributed by atoms with Crippen molar-refractivity contribution >= 4 is 23.2 Å². The van der Waals surface area contributed by atoms with Gasteiger partial charge in [-0.3, -0.25) is 4.79 Å². The van der Waals surface area contributed by atoms with Crippen LogP contribution in [0.3, 0.4) is 0 Å².